The van der Waals surface area contributed by atoms with Crippen LogP contribution in [0.3, 0.4) is 0 Å². The Kier molecular flexibility index (Phi) is 15.9. The van der Waals surface area contributed by atoms with Crippen LogP contribution in [-0.4, -0.2) is 60.6 Å². The summed E-state index contributed by atoms with van der Waals surface area (Å²) in [5.74, 6) is -4.89. The van der Waals surface area contributed by atoms with Gasteiger partial charge < -0.3 is 30.6 Å². The molecule has 0 fully saturated rings. The molecule has 0 aromatic rings. The van der Waals surface area contributed by atoms with Crippen molar-refractivity contribution in [1.82, 2.24) is 0 Å². The van der Waals surface area contributed by atoms with E-state index >= 15 is 0 Å². The Morgan fingerprint density at radius 1 is 0.875 bits per heavy atom. The summed E-state index contributed by atoms with van der Waals surface area (Å²) in [5, 5.41) is 48.4. The van der Waals surface area contributed by atoms with Gasteiger partial charge in [-0.1, -0.05) is 13.2 Å². The summed E-state index contributed by atoms with van der Waals surface area (Å²) >= 11 is 0. The van der Waals surface area contributed by atoms with Gasteiger partial charge in [0.05, 0.1) is 25.2 Å². The van der Waals surface area contributed by atoms with Crippen LogP contribution in [0.25, 0.3) is 0 Å². The second-order valence-corrected chi connectivity index (χ2v) is 4.04. The van der Waals surface area contributed by atoms with Crippen LogP contribution < -0.4 is 0 Å². The maximum absolute atomic E-state index is 9.87. The lowest BCUT2D eigenvalue weighted by Gasteiger charge is -1.91. The molecule has 136 valence electrons. The molecular formula is C14H20O10. The SMILES string of the molecule is C=C(CC(=O)O)C(=O)O.C=C(CC(=O)O)C(=O)O.CC(O)C=CO. The first-order valence-electron chi connectivity index (χ1n) is 6.09. The Labute approximate surface area is 137 Å². The molecule has 0 aliphatic carbocycles. The highest BCUT2D eigenvalue weighted by molar-refractivity contribution is 5.91. The number of hydrogen-bond acceptors (Lipinski definition) is 6. The van der Waals surface area contributed by atoms with Crippen LogP contribution in [0.15, 0.2) is 36.6 Å². The van der Waals surface area contributed by atoms with E-state index in [0.29, 0.717) is 0 Å². The third-order valence-electron chi connectivity index (χ3n) is 1.70. The van der Waals surface area contributed by atoms with Gasteiger partial charge in [0.25, 0.3) is 0 Å². The molecule has 0 spiro atoms. The summed E-state index contributed by atoms with van der Waals surface area (Å²) in [4.78, 5) is 39.3. The first kappa shape index (κ1) is 25.8. The van der Waals surface area contributed by atoms with Crippen molar-refractivity contribution in [2.75, 3.05) is 0 Å². The van der Waals surface area contributed by atoms with Crippen LogP contribution in [-0.2, 0) is 19.2 Å². The molecule has 0 radical (unpaired) electrons. The fourth-order valence-corrected chi connectivity index (χ4v) is 0.641. The van der Waals surface area contributed by atoms with Gasteiger partial charge >= 0.3 is 23.9 Å². The van der Waals surface area contributed by atoms with Crippen LogP contribution in [0.4, 0.5) is 0 Å². The second-order valence-electron chi connectivity index (χ2n) is 4.04. The number of hydrogen-bond donors (Lipinski definition) is 6. The largest absolute Gasteiger partial charge is 0.516 e. The summed E-state index contributed by atoms with van der Waals surface area (Å²) in [5.41, 5.74) is -0.606. The van der Waals surface area contributed by atoms with E-state index in [-0.39, 0.29) is 11.1 Å². The third-order valence-corrected chi connectivity index (χ3v) is 1.70. The molecule has 1 atom stereocenters. The van der Waals surface area contributed by atoms with Gasteiger partial charge in [0.1, 0.15) is 0 Å². The molecule has 0 heterocycles. The van der Waals surface area contributed by atoms with E-state index in [1.165, 1.54) is 6.08 Å². The van der Waals surface area contributed by atoms with Crippen molar-refractivity contribution in [3.8, 4) is 0 Å². The Morgan fingerprint density at radius 2 is 1.17 bits per heavy atom. The highest BCUT2D eigenvalue weighted by Gasteiger charge is 2.07. The van der Waals surface area contributed by atoms with Gasteiger partial charge in [-0.3, -0.25) is 9.59 Å². The average Bonchev–Trinajstić information content (AvgIpc) is 2.38. The van der Waals surface area contributed by atoms with Gasteiger partial charge in [0, 0.05) is 11.1 Å². The lowest BCUT2D eigenvalue weighted by atomic mass is 10.2. The molecule has 0 saturated carbocycles. The van der Waals surface area contributed by atoms with Crippen molar-refractivity contribution in [3.63, 3.8) is 0 Å². The standard InChI is InChI=1S/2C5H6O4.C4H8O2/c2*1-3(5(8)9)2-4(6)7;1-4(6)2-3-5/h2*1-2H2,(H,6,7)(H,8,9);2-6H,1H3. The molecule has 0 aromatic heterocycles. The van der Waals surface area contributed by atoms with E-state index in [9.17, 15) is 19.2 Å². The Hall–Kier alpha value is -3.14. The predicted octanol–water partition coefficient (Wildman–Crippen LogP) is 0.643. The van der Waals surface area contributed by atoms with Crippen molar-refractivity contribution < 1.29 is 49.8 Å². The van der Waals surface area contributed by atoms with E-state index in [4.69, 9.17) is 30.6 Å². The Morgan fingerprint density at radius 3 is 1.21 bits per heavy atom. The first-order chi connectivity index (χ1) is 10.8. The van der Waals surface area contributed by atoms with E-state index in [2.05, 4.69) is 13.2 Å². The van der Waals surface area contributed by atoms with Crippen molar-refractivity contribution >= 4 is 23.9 Å². The van der Waals surface area contributed by atoms with Crippen molar-refractivity contribution in [1.29, 1.82) is 0 Å². The summed E-state index contributed by atoms with van der Waals surface area (Å²) in [7, 11) is 0. The molecule has 24 heavy (non-hydrogen) atoms. The minimum Gasteiger partial charge on any atom is -0.516 e. The number of carboxylic acids is 4. The highest BCUT2D eigenvalue weighted by atomic mass is 16.4. The zero-order valence-electron chi connectivity index (χ0n) is 12.9. The van der Waals surface area contributed by atoms with Crippen LogP contribution in [0.2, 0.25) is 0 Å². The smallest absolute Gasteiger partial charge is 0.331 e. The van der Waals surface area contributed by atoms with Crippen LogP contribution >= 0.6 is 0 Å². The van der Waals surface area contributed by atoms with Gasteiger partial charge in [0.2, 0.25) is 0 Å². The van der Waals surface area contributed by atoms with Crippen LogP contribution in [0.1, 0.15) is 19.8 Å². The molecule has 0 rings (SSSR count). The number of carbonyl (C=O) groups is 4. The maximum Gasteiger partial charge on any atom is 0.331 e. The monoisotopic (exact) mass is 348 g/mol. The van der Waals surface area contributed by atoms with E-state index in [0.717, 1.165) is 6.26 Å². The minimum atomic E-state index is -1.27. The Bertz CT molecular complexity index is 464. The normalized spacial score (nSPS) is 10.2. The molecular weight excluding hydrogens is 328 g/mol. The molecule has 0 saturated heterocycles. The molecule has 10 nitrogen and oxygen atoms in total. The summed E-state index contributed by atoms with van der Waals surface area (Å²) < 4.78 is 0. The molecule has 0 aliphatic rings. The molecule has 10 heteroatoms. The van der Waals surface area contributed by atoms with Crippen molar-refractivity contribution in [3.05, 3.63) is 36.6 Å². The van der Waals surface area contributed by atoms with Gasteiger partial charge in [-0.25, -0.2) is 9.59 Å². The lowest BCUT2D eigenvalue weighted by molar-refractivity contribution is -0.139. The number of aliphatic carboxylic acids is 4. The van der Waals surface area contributed by atoms with E-state index in [1.54, 1.807) is 6.92 Å². The maximum atomic E-state index is 9.87. The van der Waals surface area contributed by atoms with Gasteiger partial charge in [-0.2, -0.15) is 0 Å². The van der Waals surface area contributed by atoms with Crippen molar-refractivity contribution in [2.45, 2.75) is 25.9 Å². The Balaban J connectivity index is -0.000000282. The van der Waals surface area contributed by atoms with Crippen LogP contribution in [0, 0.1) is 0 Å². The second kappa shape index (κ2) is 14.8. The van der Waals surface area contributed by atoms with Gasteiger partial charge in [-0.05, 0) is 13.0 Å². The predicted molar refractivity (Wildman–Crippen MR) is 81.5 cm³/mol. The first-order valence-corrected chi connectivity index (χ1v) is 6.09. The summed E-state index contributed by atoms with van der Waals surface area (Å²) in [6, 6.07) is 0. The van der Waals surface area contributed by atoms with E-state index < -0.39 is 42.8 Å². The number of carboxylic acid groups (broad SMARTS) is 4. The summed E-state index contributed by atoms with van der Waals surface area (Å²) in [6.07, 6.45) is 0.560. The fraction of sp³-hybridized carbons (Fsp3) is 0.286. The van der Waals surface area contributed by atoms with E-state index in [1.807, 2.05) is 0 Å². The quantitative estimate of drug-likeness (QED) is 0.281. The number of rotatable bonds is 7. The van der Waals surface area contributed by atoms with Gasteiger partial charge in [-0.15, -0.1) is 0 Å². The third kappa shape index (κ3) is 23.9. The molecule has 0 aromatic carbocycles. The minimum absolute atomic E-state index is 0.303. The average molecular weight is 348 g/mol. The molecule has 0 bridgehead atoms. The zero-order valence-corrected chi connectivity index (χ0v) is 12.9. The number of aliphatic hydroxyl groups is 2. The van der Waals surface area contributed by atoms with Crippen molar-refractivity contribution in [2.24, 2.45) is 0 Å². The van der Waals surface area contributed by atoms with Crippen LogP contribution in [0.5, 0.6) is 0 Å². The molecule has 1 unspecified atom stereocenters. The molecule has 0 aliphatic heterocycles. The fourth-order valence-electron chi connectivity index (χ4n) is 0.641. The topological polar surface area (TPSA) is 190 Å². The molecule has 6 N–H and O–H groups in total. The zero-order chi connectivity index (χ0) is 19.9. The number of aliphatic hydroxyl groups excluding tert-OH is 2. The lowest BCUT2D eigenvalue weighted by Crippen LogP contribution is -2.04. The molecule has 0 amide bonds. The highest BCUT2D eigenvalue weighted by Crippen LogP contribution is 1.96. The summed E-state index contributed by atoms with van der Waals surface area (Å²) in [6.45, 7) is 7.59. The van der Waals surface area contributed by atoms with Gasteiger partial charge in [0.15, 0.2) is 0 Å².